The fourth-order valence-corrected chi connectivity index (χ4v) is 0.758. The number of benzene rings is 1. The van der Waals surface area contributed by atoms with E-state index in [9.17, 15) is 0 Å². The molecule has 11 heavy (non-hydrogen) atoms. The lowest BCUT2D eigenvalue weighted by molar-refractivity contribution is 0.665. The first kappa shape index (κ1) is 7.44. The van der Waals surface area contributed by atoms with E-state index >= 15 is 0 Å². The molecule has 1 rings (SSSR count). The van der Waals surface area contributed by atoms with E-state index in [1.807, 2.05) is 30.3 Å². The first-order valence-corrected chi connectivity index (χ1v) is 3.27. The monoisotopic (exact) mass is 149 g/mol. The summed E-state index contributed by atoms with van der Waals surface area (Å²) >= 11 is 0. The van der Waals surface area contributed by atoms with Gasteiger partial charge in [0.1, 0.15) is 6.54 Å². The molecular formula is C7H9N4+. The molecule has 0 atom stereocenters. The topological polar surface area (TPSA) is 62.3 Å². The van der Waals surface area contributed by atoms with Gasteiger partial charge < -0.3 is 0 Å². The van der Waals surface area contributed by atoms with E-state index in [1.165, 1.54) is 0 Å². The summed E-state index contributed by atoms with van der Waals surface area (Å²) < 4.78 is 0. The van der Waals surface area contributed by atoms with Gasteiger partial charge in [-0.2, -0.15) is 5.43 Å². The zero-order chi connectivity index (χ0) is 7.94. The Balaban J connectivity index is 2.45. The van der Waals surface area contributed by atoms with Gasteiger partial charge in [0.15, 0.2) is 0 Å². The van der Waals surface area contributed by atoms with Crippen molar-refractivity contribution in [2.75, 3.05) is 0 Å². The predicted molar refractivity (Wildman–Crippen MR) is 40.6 cm³/mol. The summed E-state index contributed by atoms with van der Waals surface area (Å²) in [4.78, 5) is 2.81. The third kappa shape index (κ3) is 2.60. The second kappa shape index (κ2) is 4.19. The lowest BCUT2D eigenvalue weighted by Gasteiger charge is -1.90. The Morgan fingerprint density at radius 2 is 2.09 bits per heavy atom. The molecule has 0 unspecified atom stereocenters. The van der Waals surface area contributed by atoms with Crippen molar-refractivity contribution in [1.82, 2.24) is 10.3 Å². The summed E-state index contributed by atoms with van der Waals surface area (Å²) in [6.45, 7) is 0.614. The van der Waals surface area contributed by atoms with Crippen molar-refractivity contribution < 1.29 is 0 Å². The molecule has 0 amide bonds. The van der Waals surface area contributed by atoms with Gasteiger partial charge in [-0.25, -0.2) is 0 Å². The lowest BCUT2D eigenvalue weighted by Crippen LogP contribution is -2.03. The van der Waals surface area contributed by atoms with Gasteiger partial charge in [0, 0.05) is 0 Å². The summed E-state index contributed by atoms with van der Waals surface area (Å²) in [7, 11) is 0. The first-order valence-electron chi connectivity index (χ1n) is 3.27. The Morgan fingerprint density at radius 3 is 2.73 bits per heavy atom. The molecule has 4 nitrogen and oxygen atoms in total. The highest BCUT2D eigenvalue weighted by Crippen LogP contribution is 1.96. The van der Waals surface area contributed by atoms with Crippen LogP contribution in [0.5, 0.6) is 0 Å². The molecule has 0 aliphatic carbocycles. The van der Waals surface area contributed by atoms with Crippen molar-refractivity contribution >= 4 is 0 Å². The second-order valence-corrected chi connectivity index (χ2v) is 2.02. The van der Waals surface area contributed by atoms with Crippen LogP contribution in [-0.2, 0) is 6.54 Å². The first-order chi connectivity index (χ1) is 5.43. The standard InChI is InChI=1S/C7H8N4/c8-10-11-9-6-7-4-2-1-3-5-7/h1-5,8H,6H2/p+1. The predicted octanol–water partition coefficient (Wildman–Crippen LogP) is 1.24. The average Bonchev–Trinajstić information content (AvgIpc) is 2.07. The SMILES string of the molecule is N=[N+]=NNCc1ccccc1. The largest absolute Gasteiger partial charge is 0.215 e. The molecule has 0 saturated heterocycles. The molecule has 0 bridgehead atoms. The van der Waals surface area contributed by atoms with E-state index in [4.69, 9.17) is 5.53 Å². The normalized spacial score (nSPS) is 8.36. The molecule has 0 fully saturated rings. The summed E-state index contributed by atoms with van der Waals surface area (Å²) in [6, 6.07) is 9.82. The van der Waals surface area contributed by atoms with E-state index in [-0.39, 0.29) is 0 Å². The molecule has 0 aromatic heterocycles. The molecule has 4 heteroatoms. The van der Waals surface area contributed by atoms with Crippen LogP contribution in [0.15, 0.2) is 35.6 Å². The number of nitrogens with zero attached hydrogens (tertiary/aromatic N) is 2. The minimum Gasteiger partial charge on any atom is -0.162 e. The third-order valence-electron chi connectivity index (χ3n) is 1.25. The zero-order valence-corrected chi connectivity index (χ0v) is 5.99. The molecule has 0 heterocycles. The number of hydrogen-bond acceptors (Lipinski definition) is 2. The molecular weight excluding hydrogens is 140 g/mol. The molecule has 0 aliphatic rings. The van der Waals surface area contributed by atoms with Gasteiger partial charge in [0.2, 0.25) is 5.22 Å². The molecule has 1 aromatic rings. The average molecular weight is 149 g/mol. The Labute approximate surface area is 64.5 Å². The second-order valence-electron chi connectivity index (χ2n) is 2.02. The van der Waals surface area contributed by atoms with Gasteiger partial charge in [-0.3, -0.25) is 0 Å². The molecule has 1 aromatic carbocycles. The maximum absolute atomic E-state index is 6.36. The molecule has 0 spiro atoms. The van der Waals surface area contributed by atoms with Crippen LogP contribution in [0.3, 0.4) is 0 Å². The third-order valence-corrected chi connectivity index (χ3v) is 1.25. The van der Waals surface area contributed by atoms with Crippen molar-refractivity contribution in [3.63, 3.8) is 0 Å². The van der Waals surface area contributed by atoms with Crippen molar-refractivity contribution in [3.05, 3.63) is 35.9 Å². The molecule has 0 radical (unpaired) electrons. The minimum absolute atomic E-state index is 0.614. The molecule has 0 aliphatic heterocycles. The summed E-state index contributed by atoms with van der Waals surface area (Å²) in [5.74, 6) is 0. The van der Waals surface area contributed by atoms with Gasteiger partial charge >= 0.3 is 0 Å². The highest BCUT2D eigenvalue weighted by molar-refractivity contribution is 5.13. The number of nitrogens with one attached hydrogen (secondary N) is 2. The maximum atomic E-state index is 6.36. The zero-order valence-electron chi connectivity index (χ0n) is 5.99. The van der Waals surface area contributed by atoms with Crippen molar-refractivity contribution in [1.29, 1.82) is 5.53 Å². The number of rotatable bonds is 3. The van der Waals surface area contributed by atoms with Crippen LogP contribution < -0.4 is 10.3 Å². The van der Waals surface area contributed by atoms with E-state index in [1.54, 1.807) is 0 Å². The van der Waals surface area contributed by atoms with E-state index in [0.29, 0.717) is 6.54 Å². The fraction of sp³-hybridized carbons (Fsp3) is 0.143. The Hall–Kier alpha value is -1.67. The molecule has 0 saturated carbocycles. The highest BCUT2D eigenvalue weighted by atomic mass is 15.4. The van der Waals surface area contributed by atoms with Gasteiger partial charge in [-0.1, -0.05) is 30.3 Å². The van der Waals surface area contributed by atoms with Crippen LogP contribution in [0.2, 0.25) is 0 Å². The van der Waals surface area contributed by atoms with Crippen molar-refractivity contribution in [2.24, 2.45) is 5.22 Å². The van der Waals surface area contributed by atoms with Gasteiger partial charge in [0.25, 0.3) is 0 Å². The highest BCUT2D eigenvalue weighted by Gasteiger charge is 1.91. The van der Waals surface area contributed by atoms with Crippen LogP contribution in [0, 0.1) is 5.53 Å². The van der Waals surface area contributed by atoms with Crippen LogP contribution in [-0.4, -0.2) is 0 Å². The summed E-state index contributed by atoms with van der Waals surface area (Å²) in [6.07, 6.45) is 0. The van der Waals surface area contributed by atoms with Crippen LogP contribution in [0.1, 0.15) is 5.56 Å². The van der Waals surface area contributed by atoms with Crippen LogP contribution in [0.25, 0.3) is 0 Å². The van der Waals surface area contributed by atoms with E-state index < -0.39 is 0 Å². The summed E-state index contributed by atoms with van der Waals surface area (Å²) in [5, 5.41) is 3.31. The quantitative estimate of drug-likeness (QED) is 0.379. The van der Waals surface area contributed by atoms with Crippen LogP contribution in [0.4, 0.5) is 0 Å². The molecule has 2 N–H and O–H groups in total. The van der Waals surface area contributed by atoms with Crippen molar-refractivity contribution in [2.45, 2.75) is 6.54 Å². The minimum atomic E-state index is 0.614. The Kier molecular flexibility index (Phi) is 2.84. The van der Waals surface area contributed by atoms with Gasteiger partial charge in [0.05, 0.1) is 4.91 Å². The van der Waals surface area contributed by atoms with Crippen LogP contribution >= 0.6 is 0 Å². The fourth-order valence-electron chi connectivity index (χ4n) is 0.758. The Bertz CT molecular complexity index is 250. The Morgan fingerprint density at radius 1 is 1.36 bits per heavy atom. The lowest BCUT2D eigenvalue weighted by atomic mass is 10.2. The number of hydrogen-bond donors (Lipinski definition) is 2. The molecule has 56 valence electrons. The maximum Gasteiger partial charge on any atom is 0.215 e. The van der Waals surface area contributed by atoms with Gasteiger partial charge in [-0.05, 0) is 11.1 Å². The van der Waals surface area contributed by atoms with Gasteiger partial charge in [-0.15, -0.1) is 0 Å². The smallest absolute Gasteiger partial charge is 0.162 e. The van der Waals surface area contributed by atoms with E-state index in [2.05, 4.69) is 15.6 Å². The summed E-state index contributed by atoms with van der Waals surface area (Å²) in [5.41, 5.74) is 10.1. The van der Waals surface area contributed by atoms with E-state index in [0.717, 1.165) is 5.56 Å². The van der Waals surface area contributed by atoms with Crippen molar-refractivity contribution in [3.8, 4) is 0 Å².